The van der Waals surface area contributed by atoms with Crippen molar-refractivity contribution in [2.75, 3.05) is 32.7 Å². The third kappa shape index (κ3) is 3.92. The number of anilines is 1. The Morgan fingerprint density at radius 3 is 2.88 bits per heavy atom. The molecule has 0 atom stereocenters. The molecular formula is C11H16N2O4. The van der Waals surface area contributed by atoms with E-state index >= 15 is 0 Å². The normalized spacial score (nSPS) is 10.0. The van der Waals surface area contributed by atoms with Gasteiger partial charge in [-0.2, -0.15) is 0 Å². The average molecular weight is 240 g/mol. The Bertz CT molecular complexity index is 382. The smallest absolute Gasteiger partial charge is 0.343 e. The van der Waals surface area contributed by atoms with E-state index in [-0.39, 0.29) is 11.4 Å². The van der Waals surface area contributed by atoms with Crippen molar-refractivity contribution in [3.63, 3.8) is 0 Å². The standard InChI is InChI=1S/C11H16N2O4/c1-3-16-4-5-17-10-9(11(14)15-2)6-8(12)7-13-10/h6-7H,3-5,12H2,1-2H3. The molecule has 0 bridgehead atoms. The number of hydrogen-bond donors (Lipinski definition) is 1. The number of pyridine rings is 1. The van der Waals surface area contributed by atoms with E-state index in [9.17, 15) is 4.79 Å². The lowest BCUT2D eigenvalue weighted by atomic mass is 10.2. The number of methoxy groups -OCH3 is 1. The molecule has 6 nitrogen and oxygen atoms in total. The number of ether oxygens (including phenoxy) is 3. The van der Waals surface area contributed by atoms with Crippen molar-refractivity contribution in [3.8, 4) is 5.88 Å². The Hall–Kier alpha value is -1.82. The monoisotopic (exact) mass is 240 g/mol. The molecule has 0 saturated heterocycles. The minimum absolute atomic E-state index is 0.200. The molecule has 2 N–H and O–H groups in total. The van der Waals surface area contributed by atoms with E-state index in [1.54, 1.807) is 0 Å². The van der Waals surface area contributed by atoms with E-state index in [4.69, 9.17) is 15.2 Å². The first-order valence-electron chi connectivity index (χ1n) is 5.23. The van der Waals surface area contributed by atoms with Gasteiger partial charge in [-0.25, -0.2) is 9.78 Å². The van der Waals surface area contributed by atoms with Gasteiger partial charge in [-0.05, 0) is 13.0 Å². The van der Waals surface area contributed by atoms with Crippen LogP contribution < -0.4 is 10.5 Å². The molecule has 0 aromatic carbocycles. The summed E-state index contributed by atoms with van der Waals surface area (Å²) in [4.78, 5) is 15.4. The molecule has 1 aromatic rings. The van der Waals surface area contributed by atoms with E-state index in [1.165, 1.54) is 19.4 Å². The number of nitrogens with zero attached hydrogens (tertiary/aromatic N) is 1. The van der Waals surface area contributed by atoms with Crippen LogP contribution in [0.25, 0.3) is 0 Å². The molecule has 0 aliphatic heterocycles. The molecule has 94 valence electrons. The van der Waals surface area contributed by atoms with Crippen molar-refractivity contribution in [3.05, 3.63) is 17.8 Å². The van der Waals surface area contributed by atoms with Gasteiger partial charge in [0.05, 0.1) is 25.6 Å². The highest BCUT2D eigenvalue weighted by atomic mass is 16.5. The van der Waals surface area contributed by atoms with Gasteiger partial charge in [-0.15, -0.1) is 0 Å². The van der Waals surface area contributed by atoms with Crippen LogP contribution in [0.2, 0.25) is 0 Å². The summed E-state index contributed by atoms with van der Waals surface area (Å²) in [6, 6.07) is 1.47. The van der Waals surface area contributed by atoms with Gasteiger partial charge < -0.3 is 19.9 Å². The fourth-order valence-corrected chi connectivity index (χ4v) is 1.18. The van der Waals surface area contributed by atoms with Gasteiger partial charge in [0, 0.05) is 6.61 Å². The molecule has 17 heavy (non-hydrogen) atoms. The number of hydrogen-bond acceptors (Lipinski definition) is 6. The van der Waals surface area contributed by atoms with Crippen LogP contribution in [0.1, 0.15) is 17.3 Å². The van der Waals surface area contributed by atoms with Gasteiger partial charge >= 0.3 is 5.97 Å². The van der Waals surface area contributed by atoms with Crippen molar-refractivity contribution in [2.24, 2.45) is 0 Å². The second kappa shape index (κ2) is 6.70. The molecule has 0 unspecified atom stereocenters. The molecule has 0 aliphatic rings. The lowest BCUT2D eigenvalue weighted by Gasteiger charge is -2.09. The molecular weight excluding hydrogens is 224 g/mol. The fourth-order valence-electron chi connectivity index (χ4n) is 1.18. The molecule has 1 heterocycles. The van der Waals surface area contributed by atoms with Gasteiger partial charge in [0.2, 0.25) is 5.88 Å². The first-order valence-corrected chi connectivity index (χ1v) is 5.23. The summed E-state index contributed by atoms with van der Waals surface area (Å²) in [5, 5.41) is 0. The van der Waals surface area contributed by atoms with Crippen LogP contribution >= 0.6 is 0 Å². The first-order chi connectivity index (χ1) is 8.19. The first kappa shape index (κ1) is 13.2. The SMILES string of the molecule is CCOCCOc1ncc(N)cc1C(=O)OC. The maximum atomic E-state index is 11.4. The highest BCUT2D eigenvalue weighted by Gasteiger charge is 2.14. The van der Waals surface area contributed by atoms with Crippen LogP contribution in [-0.2, 0) is 9.47 Å². The summed E-state index contributed by atoms with van der Waals surface area (Å²) in [6.07, 6.45) is 1.42. The van der Waals surface area contributed by atoms with E-state index in [2.05, 4.69) is 9.72 Å². The van der Waals surface area contributed by atoms with Crippen LogP contribution in [0.15, 0.2) is 12.3 Å². The number of nitrogens with two attached hydrogens (primary N) is 1. The molecule has 0 radical (unpaired) electrons. The predicted octanol–water partition coefficient (Wildman–Crippen LogP) is 0.866. The maximum absolute atomic E-state index is 11.4. The van der Waals surface area contributed by atoms with Crippen LogP contribution in [0, 0.1) is 0 Å². The second-order valence-electron chi connectivity index (χ2n) is 3.16. The number of nitrogen functional groups attached to an aromatic ring is 1. The molecule has 1 rings (SSSR count). The van der Waals surface area contributed by atoms with E-state index in [0.29, 0.717) is 25.5 Å². The fraction of sp³-hybridized carbons (Fsp3) is 0.455. The average Bonchev–Trinajstić information content (AvgIpc) is 2.35. The molecule has 0 fully saturated rings. The van der Waals surface area contributed by atoms with Crippen LogP contribution in [0.5, 0.6) is 5.88 Å². The molecule has 6 heteroatoms. The van der Waals surface area contributed by atoms with Crippen LogP contribution in [0.3, 0.4) is 0 Å². The van der Waals surface area contributed by atoms with E-state index in [0.717, 1.165) is 0 Å². The summed E-state index contributed by atoms with van der Waals surface area (Å²) in [7, 11) is 1.29. The van der Waals surface area contributed by atoms with Crippen molar-refractivity contribution in [1.82, 2.24) is 4.98 Å². The minimum Gasteiger partial charge on any atom is -0.475 e. The summed E-state index contributed by atoms with van der Waals surface area (Å²) < 4.78 is 15.1. The Morgan fingerprint density at radius 2 is 2.24 bits per heavy atom. The van der Waals surface area contributed by atoms with Gasteiger partial charge in [-0.3, -0.25) is 0 Å². The van der Waals surface area contributed by atoms with E-state index in [1.807, 2.05) is 6.92 Å². The second-order valence-corrected chi connectivity index (χ2v) is 3.16. The Kier molecular flexibility index (Phi) is 5.22. The van der Waals surface area contributed by atoms with Crippen LogP contribution in [0.4, 0.5) is 5.69 Å². The highest BCUT2D eigenvalue weighted by Crippen LogP contribution is 2.18. The number of carbonyl (C=O) groups is 1. The van der Waals surface area contributed by atoms with Gasteiger partial charge in [0.1, 0.15) is 12.2 Å². The number of esters is 1. The number of rotatable bonds is 6. The lowest BCUT2D eigenvalue weighted by Crippen LogP contribution is -2.12. The summed E-state index contributed by atoms with van der Waals surface area (Å²) in [5.41, 5.74) is 6.14. The minimum atomic E-state index is -0.531. The van der Waals surface area contributed by atoms with Gasteiger partial charge in [0.25, 0.3) is 0 Å². The van der Waals surface area contributed by atoms with Crippen molar-refractivity contribution in [1.29, 1.82) is 0 Å². The van der Waals surface area contributed by atoms with Crippen LogP contribution in [-0.4, -0.2) is 37.9 Å². The van der Waals surface area contributed by atoms with Crippen molar-refractivity contribution >= 4 is 11.7 Å². The topological polar surface area (TPSA) is 83.7 Å². The summed E-state index contributed by atoms with van der Waals surface area (Å²) in [5.74, 6) is -0.332. The summed E-state index contributed by atoms with van der Waals surface area (Å²) in [6.45, 7) is 3.25. The molecule has 1 aromatic heterocycles. The summed E-state index contributed by atoms with van der Waals surface area (Å²) >= 11 is 0. The quantitative estimate of drug-likeness (QED) is 0.586. The van der Waals surface area contributed by atoms with Crippen molar-refractivity contribution < 1.29 is 19.0 Å². The highest BCUT2D eigenvalue weighted by molar-refractivity contribution is 5.92. The molecule has 0 spiro atoms. The Balaban J connectivity index is 2.72. The van der Waals surface area contributed by atoms with Crippen molar-refractivity contribution in [2.45, 2.75) is 6.92 Å². The Labute approximate surface area is 99.7 Å². The van der Waals surface area contributed by atoms with Gasteiger partial charge in [-0.1, -0.05) is 0 Å². The zero-order chi connectivity index (χ0) is 12.7. The molecule has 0 aliphatic carbocycles. The Morgan fingerprint density at radius 1 is 1.47 bits per heavy atom. The number of carbonyl (C=O) groups excluding carboxylic acids is 1. The molecule has 0 amide bonds. The maximum Gasteiger partial charge on any atom is 0.343 e. The zero-order valence-electron chi connectivity index (χ0n) is 9.93. The molecule has 0 saturated carbocycles. The van der Waals surface area contributed by atoms with Gasteiger partial charge in [0.15, 0.2) is 0 Å². The third-order valence-corrected chi connectivity index (χ3v) is 1.95. The predicted molar refractivity (Wildman–Crippen MR) is 62.0 cm³/mol. The zero-order valence-corrected chi connectivity index (χ0v) is 9.93. The third-order valence-electron chi connectivity index (χ3n) is 1.95. The largest absolute Gasteiger partial charge is 0.475 e. The van der Waals surface area contributed by atoms with E-state index < -0.39 is 5.97 Å². The number of aromatic nitrogens is 1. The lowest BCUT2D eigenvalue weighted by molar-refractivity contribution is 0.0590.